The minimum Gasteiger partial charge on any atom is -0.388 e. The van der Waals surface area contributed by atoms with Gasteiger partial charge in [0.15, 0.2) is 0 Å². The minimum absolute atomic E-state index is 0.0746. The Morgan fingerprint density at radius 2 is 1.83 bits per heavy atom. The molecule has 1 heterocycles. The van der Waals surface area contributed by atoms with Crippen LogP contribution in [0, 0.1) is 0 Å². The third-order valence-corrected chi connectivity index (χ3v) is 4.83. The van der Waals surface area contributed by atoms with Gasteiger partial charge in [-0.1, -0.05) is 18.2 Å². The highest BCUT2D eigenvalue weighted by molar-refractivity contribution is 6.04. The summed E-state index contributed by atoms with van der Waals surface area (Å²) in [7, 11) is 0. The zero-order chi connectivity index (χ0) is 20.9. The Labute approximate surface area is 167 Å². The zero-order valence-electron chi connectivity index (χ0n) is 15.8. The molecule has 0 aromatic heterocycles. The molecule has 0 bridgehead atoms. The molecule has 3 rings (SSSR count). The number of nitrogens with zero attached hydrogens (tertiary/aromatic N) is 1. The number of carbonyl (C=O) groups excluding carboxylic acids is 1. The number of amides is 1. The van der Waals surface area contributed by atoms with Crippen LogP contribution in [0.15, 0.2) is 48.5 Å². The molecule has 29 heavy (non-hydrogen) atoms. The molecule has 0 aliphatic carbocycles. The number of nitrogens with one attached hydrogen (secondary N) is 1. The van der Waals surface area contributed by atoms with Crippen molar-refractivity contribution in [2.45, 2.75) is 18.7 Å². The fourth-order valence-corrected chi connectivity index (χ4v) is 3.12. The lowest BCUT2D eigenvalue weighted by molar-refractivity contribution is -0.137. The van der Waals surface area contributed by atoms with Gasteiger partial charge in [0.05, 0.1) is 24.9 Å². The second-order valence-electron chi connectivity index (χ2n) is 6.91. The maximum absolute atomic E-state index is 12.8. The predicted octanol–water partition coefficient (Wildman–Crippen LogP) is 3.71. The summed E-state index contributed by atoms with van der Waals surface area (Å²) in [6.45, 7) is 3.88. The second-order valence-corrected chi connectivity index (χ2v) is 6.91. The molecular weight excluding hydrogens is 385 g/mol. The van der Waals surface area contributed by atoms with Crippen LogP contribution in [0.4, 0.5) is 18.9 Å². The van der Waals surface area contributed by atoms with Crippen molar-refractivity contribution >= 4 is 11.6 Å². The molecule has 2 aromatic rings. The van der Waals surface area contributed by atoms with E-state index < -0.39 is 23.8 Å². The summed E-state index contributed by atoms with van der Waals surface area (Å²) < 4.78 is 43.7. The van der Waals surface area contributed by atoms with Crippen molar-refractivity contribution in [2.24, 2.45) is 0 Å². The van der Waals surface area contributed by atoms with Gasteiger partial charge in [-0.15, -0.1) is 0 Å². The van der Waals surface area contributed by atoms with Gasteiger partial charge < -0.3 is 15.2 Å². The Morgan fingerprint density at radius 3 is 2.48 bits per heavy atom. The van der Waals surface area contributed by atoms with Crippen molar-refractivity contribution in [3.63, 3.8) is 0 Å². The maximum atomic E-state index is 12.8. The van der Waals surface area contributed by atoms with E-state index in [-0.39, 0.29) is 5.56 Å². The summed E-state index contributed by atoms with van der Waals surface area (Å²) >= 11 is 0. The quantitative estimate of drug-likeness (QED) is 0.765. The SMILES string of the molecule is O=C(Nc1ccc(C(O)CCN2CCOCC2)cc1)c1cccc(C(F)(F)F)c1. The molecule has 0 radical (unpaired) electrons. The summed E-state index contributed by atoms with van der Waals surface area (Å²) in [6.07, 6.45) is -4.56. The van der Waals surface area contributed by atoms with Gasteiger partial charge in [0.1, 0.15) is 0 Å². The van der Waals surface area contributed by atoms with Gasteiger partial charge in [-0.05, 0) is 42.3 Å². The second kappa shape index (κ2) is 9.39. The van der Waals surface area contributed by atoms with Gasteiger partial charge in [-0.2, -0.15) is 13.2 Å². The summed E-state index contributed by atoms with van der Waals surface area (Å²) in [5.74, 6) is -0.628. The Balaban J connectivity index is 1.56. The summed E-state index contributed by atoms with van der Waals surface area (Å²) in [5.41, 5.74) is 0.213. The van der Waals surface area contributed by atoms with Gasteiger partial charge in [-0.3, -0.25) is 9.69 Å². The molecule has 0 spiro atoms. The number of aliphatic hydroxyl groups is 1. The number of ether oxygens (including phenoxy) is 1. The molecule has 156 valence electrons. The molecular formula is C21H23F3N2O3. The van der Waals surface area contributed by atoms with Crippen molar-refractivity contribution < 1.29 is 27.8 Å². The topological polar surface area (TPSA) is 61.8 Å². The number of hydrogen-bond acceptors (Lipinski definition) is 4. The van der Waals surface area contributed by atoms with Crippen LogP contribution < -0.4 is 5.32 Å². The Morgan fingerprint density at radius 1 is 1.14 bits per heavy atom. The molecule has 2 N–H and O–H groups in total. The maximum Gasteiger partial charge on any atom is 0.416 e. The van der Waals surface area contributed by atoms with Crippen LogP contribution in [0.5, 0.6) is 0 Å². The smallest absolute Gasteiger partial charge is 0.388 e. The van der Waals surface area contributed by atoms with E-state index in [0.29, 0.717) is 25.3 Å². The van der Waals surface area contributed by atoms with E-state index in [9.17, 15) is 23.1 Å². The fraction of sp³-hybridized carbons (Fsp3) is 0.381. The van der Waals surface area contributed by atoms with Crippen LogP contribution >= 0.6 is 0 Å². The van der Waals surface area contributed by atoms with E-state index in [4.69, 9.17) is 4.74 Å². The third kappa shape index (κ3) is 6.03. The molecule has 5 nitrogen and oxygen atoms in total. The summed E-state index contributed by atoms with van der Waals surface area (Å²) in [6, 6.07) is 10.9. The van der Waals surface area contributed by atoms with E-state index >= 15 is 0 Å². The zero-order valence-corrected chi connectivity index (χ0v) is 15.8. The van der Waals surface area contributed by atoms with Crippen molar-refractivity contribution in [3.05, 3.63) is 65.2 Å². The van der Waals surface area contributed by atoms with Gasteiger partial charge in [0, 0.05) is 30.9 Å². The lowest BCUT2D eigenvalue weighted by Gasteiger charge is -2.27. The third-order valence-electron chi connectivity index (χ3n) is 4.83. The van der Waals surface area contributed by atoms with Crippen LogP contribution in [-0.2, 0) is 10.9 Å². The Kier molecular flexibility index (Phi) is 6.89. The van der Waals surface area contributed by atoms with E-state index in [1.54, 1.807) is 24.3 Å². The first-order chi connectivity index (χ1) is 13.8. The standard InChI is InChI=1S/C21H23F3N2O3/c22-21(23,24)17-3-1-2-16(14-17)20(28)25-18-6-4-15(5-7-18)19(27)8-9-26-10-12-29-13-11-26/h1-7,14,19,27H,8-13H2,(H,25,28). The van der Waals surface area contributed by atoms with Crippen LogP contribution in [0.3, 0.4) is 0 Å². The average Bonchev–Trinajstić information content (AvgIpc) is 2.73. The first kappa shape index (κ1) is 21.3. The number of benzene rings is 2. The fourth-order valence-electron chi connectivity index (χ4n) is 3.12. The molecule has 1 saturated heterocycles. The molecule has 1 unspecified atom stereocenters. The van der Waals surface area contributed by atoms with Gasteiger partial charge in [0.2, 0.25) is 0 Å². The highest BCUT2D eigenvalue weighted by Gasteiger charge is 2.30. The molecule has 2 aromatic carbocycles. The highest BCUT2D eigenvalue weighted by Crippen LogP contribution is 2.29. The highest BCUT2D eigenvalue weighted by atomic mass is 19.4. The number of morpholine rings is 1. The normalized spacial score (nSPS) is 16.4. The van der Waals surface area contributed by atoms with Crippen LogP contribution in [0.25, 0.3) is 0 Å². The number of carbonyl (C=O) groups is 1. The van der Waals surface area contributed by atoms with Crippen molar-refractivity contribution in [2.75, 3.05) is 38.2 Å². The lowest BCUT2D eigenvalue weighted by atomic mass is 10.1. The number of aliphatic hydroxyl groups excluding tert-OH is 1. The van der Waals surface area contributed by atoms with E-state index in [1.165, 1.54) is 12.1 Å². The number of rotatable bonds is 6. The average molecular weight is 408 g/mol. The largest absolute Gasteiger partial charge is 0.416 e. The number of anilines is 1. The monoisotopic (exact) mass is 408 g/mol. The first-order valence-corrected chi connectivity index (χ1v) is 9.39. The summed E-state index contributed by atoms with van der Waals surface area (Å²) in [5, 5.41) is 12.9. The number of alkyl halides is 3. The lowest BCUT2D eigenvalue weighted by Crippen LogP contribution is -2.37. The molecule has 8 heteroatoms. The van der Waals surface area contributed by atoms with Gasteiger partial charge >= 0.3 is 6.18 Å². The Bertz CT molecular complexity index is 819. The van der Waals surface area contributed by atoms with E-state index in [1.807, 2.05) is 0 Å². The van der Waals surface area contributed by atoms with E-state index in [0.717, 1.165) is 37.3 Å². The van der Waals surface area contributed by atoms with E-state index in [2.05, 4.69) is 10.2 Å². The molecule has 1 amide bonds. The summed E-state index contributed by atoms with van der Waals surface area (Å²) in [4.78, 5) is 14.5. The Hall–Kier alpha value is -2.42. The molecule has 1 aliphatic heterocycles. The van der Waals surface area contributed by atoms with Crippen LogP contribution in [0.1, 0.15) is 34.0 Å². The number of hydrogen-bond donors (Lipinski definition) is 2. The van der Waals surface area contributed by atoms with Crippen LogP contribution in [-0.4, -0.2) is 48.8 Å². The first-order valence-electron chi connectivity index (χ1n) is 9.39. The number of halogens is 3. The van der Waals surface area contributed by atoms with Crippen LogP contribution in [0.2, 0.25) is 0 Å². The van der Waals surface area contributed by atoms with Gasteiger partial charge in [0.25, 0.3) is 5.91 Å². The van der Waals surface area contributed by atoms with Crippen molar-refractivity contribution in [1.82, 2.24) is 4.90 Å². The molecule has 1 atom stereocenters. The van der Waals surface area contributed by atoms with Crippen molar-refractivity contribution in [3.8, 4) is 0 Å². The molecule has 0 saturated carbocycles. The van der Waals surface area contributed by atoms with Crippen molar-refractivity contribution in [1.29, 1.82) is 0 Å². The van der Waals surface area contributed by atoms with Gasteiger partial charge in [-0.25, -0.2) is 0 Å². The predicted molar refractivity (Wildman–Crippen MR) is 103 cm³/mol. The molecule has 1 aliphatic rings. The molecule has 1 fully saturated rings. The minimum atomic E-state index is -4.50.